The zero-order valence-electron chi connectivity index (χ0n) is 7.05. The molecule has 0 fully saturated rings. The first-order chi connectivity index (χ1) is 6.31. The number of carbonyl (C=O) groups excluding carboxylic acids is 1. The summed E-state index contributed by atoms with van der Waals surface area (Å²) in [6, 6.07) is 3.89. The topological polar surface area (TPSA) is 26.3 Å². The maximum atomic E-state index is 10.8. The molecule has 0 unspecified atom stereocenters. The molecule has 0 saturated heterocycles. The fraction of sp³-hybridized carbons (Fsp3) is 0.300. The number of carbonyl (C=O) groups is 1. The van der Waals surface area contributed by atoms with E-state index < -0.39 is 0 Å². The van der Waals surface area contributed by atoms with Gasteiger partial charge < -0.3 is 4.74 Å². The number of hydrogen-bond acceptors (Lipinski definition) is 2. The molecule has 1 aromatic carbocycles. The molecule has 1 aliphatic rings. The first-order valence-electron chi connectivity index (χ1n) is 4.15. The highest BCUT2D eigenvalue weighted by Gasteiger charge is 2.13. The molecule has 1 aromatic rings. The zero-order valence-corrected chi connectivity index (χ0v) is 8.63. The van der Waals surface area contributed by atoms with Crippen molar-refractivity contribution in [2.24, 2.45) is 0 Å². The largest absolute Gasteiger partial charge is 0.376 e. The van der Waals surface area contributed by atoms with Gasteiger partial charge in [-0.25, -0.2) is 0 Å². The van der Waals surface area contributed by atoms with Crippen molar-refractivity contribution in [3.8, 4) is 0 Å². The Labute approximate surface area is 85.0 Å². The second kappa shape index (κ2) is 3.60. The molecule has 3 heteroatoms. The average molecular weight is 241 g/mol. The predicted octanol–water partition coefficient (Wildman–Crippen LogP) is 2.33. The van der Waals surface area contributed by atoms with E-state index in [1.165, 1.54) is 5.56 Å². The van der Waals surface area contributed by atoms with E-state index in [0.29, 0.717) is 6.61 Å². The number of hydrogen-bond donors (Lipinski definition) is 0. The van der Waals surface area contributed by atoms with Crippen LogP contribution in [0.3, 0.4) is 0 Å². The Hall–Kier alpha value is -0.670. The lowest BCUT2D eigenvalue weighted by molar-refractivity contribution is 0.105. The van der Waals surface area contributed by atoms with Crippen molar-refractivity contribution in [3.05, 3.63) is 33.3 Å². The van der Waals surface area contributed by atoms with E-state index in [4.69, 9.17) is 4.74 Å². The molecular weight excluding hydrogens is 232 g/mol. The fourth-order valence-corrected chi connectivity index (χ4v) is 2.10. The van der Waals surface area contributed by atoms with Gasteiger partial charge in [0.15, 0.2) is 0 Å². The summed E-state index contributed by atoms with van der Waals surface area (Å²) >= 11 is 3.38. The number of rotatable bonds is 1. The van der Waals surface area contributed by atoms with Gasteiger partial charge in [0.1, 0.15) is 6.29 Å². The summed E-state index contributed by atoms with van der Waals surface area (Å²) < 4.78 is 6.27. The monoisotopic (exact) mass is 240 g/mol. The molecule has 1 heterocycles. The van der Waals surface area contributed by atoms with Crippen LogP contribution in [0.4, 0.5) is 0 Å². The molecule has 2 rings (SSSR count). The minimum atomic E-state index is 0.566. The van der Waals surface area contributed by atoms with E-state index in [2.05, 4.69) is 22.0 Å². The summed E-state index contributed by atoms with van der Waals surface area (Å²) in [7, 11) is 0. The molecule has 13 heavy (non-hydrogen) atoms. The molecule has 2 nitrogen and oxygen atoms in total. The van der Waals surface area contributed by atoms with Crippen molar-refractivity contribution in [1.29, 1.82) is 0 Å². The Morgan fingerprint density at radius 2 is 2.31 bits per heavy atom. The van der Waals surface area contributed by atoms with Crippen LogP contribution in [-0.2, 0) is 17.8 Å². The van der Waals surface area contributed by atoms with Gasteiger partial charge >= 0.3 is 0 Å². The van der Waals surface area contributed by atoms with Gasteiger partial charge in [0.2, 0.25) is 0 Å². The molecule has 0 N–H and O–H groups in total. The second-order valence-electron chi connectivity index (χ2n) is 3.05. The summed E-state index contributed by atoms with van der Waals surface area (Å²) in [5, 5.41) is 0. The summed E-state index contributed by atoms with van der Waals surface area (Å²) in [4.78, 5) is 10.8. The van der Waals surface area contributed by atoms with Crippen molar-refractivity contribution >= 4 is 22.2 Å². The van der Waals surface area contributed by atoms with Crippen LogP contribution in [0.25, 0.3) is 0 Å². The average Bonchev–Trinajstić information content (AvgIpc) is 2.16. The maximum Gasteiger partial charge on any atom is 0.150 e. The van der Waals surface area contributed by atoms with Crippen LogP contribution in [0.5, 0.6) is 0 Å². The van der Waals surface area contributed by atoms with Gasteiger partial charge in [0.25, 0.3) is 0 Å². The number of fused-ring (bicyclic) bond motifs is 1. The molecule has 0 bridgehead atoms. The molecule has 1 aliphatic heterocycles. The summed E-state index contributed by atoms with van der Waals surface area (Å²) in [6.07, 6.45) is 1.79. The van der Waals surface area contributed by atoms with Gasteiger partial charge in [-0.05, 0) is 29.7 Å². The lowest BCUT2D eigenvalue weighted by atomic mass is 9.99. The number of ether oxygens (including phenoxy) is 1. The molecular formula is C10H9BrO2. The normalized spacial score (nSPS) is 15.2. The molecule has 0 amide bonds. The number of halogens is 1. The lowest BCUT2D eigenvalue weighted by Crippen LogP contribution is -2.12. The molecule has 0 radical (unpaired) electrons. The van der Waals surface area contributed by atoms with Gasteiger partial charge in [-0.2, -0.15) is 0 Å². The van der Waals surface area contributed by atoms with Gasteiger partial charge in [0, 0.05) is 10.0 Å². The first kappa shape index (κ1) is 8.91. The fourth-order valence-electron chi connectivity index (χ4n) is 1.58. The second-order valence-corrected chi connectivity index (χ2v) is 3.97. The summed E-state index contributed by atoms with van der Waals surface area (Å²) in [5.74, 6) is 0. The van der Waals surface area contributed by atoms with E-state index in [9.17, 15) is 4.79 Å². The summed E-state index contributed by atoms with van der Waals surface area (Å²) in [6.45, 7) is 1.32. The molecule has 0 aromatic heterocycles. The highest BCUT2D eigenvalue weighted by Crippen LogP contribution is 2.24. The lowest BCUT2D eigenvalue weighted by Gasteiger charge is -2.18. The van der Waals surface area contributed by atoms with Crippen LogP contribution in [-0.4, -0.2) is 12.9 Å². The maximum absolute atomic E-state index is 10.8. The third-order valence-electron chi connectivity index (χ3n) is 2.23. The van der Waals surface area contributed by atoms with Crippen molar-refractivity contribution < 1.29 is 9.53 Å². The van der Waals surface area contributed by atoms with E-state index >= 15 is 0 Å². The predicted molar refractivity (Wildman–Crippen MR) is 52.9 cm³/mol. The van der Waals surface area contributed by atoms with Crippen LogP contribution in [0.15, 0.2) is 16.6 Å². The smallest absolute Gasteiger partial charge is 0.150 e. The number of benzene rings is 1. The van der Waals surface area contributed by atoms with Gasteiger partial charge in [-0.1, -0.05) is 15.9 Å². The Balaban J connectivity index is 2.56. The van der Waals surface area contributed by atoms with Crippen molar-refractivity contribution in [2.45, 2.75) is 13.0 Å². The quantitative estimate of drug-likeness (QED) is 0.705. The van der Waals surface area contributed by atoms with Gasteiger partial charge in [0.05, 0.1) is 13.2 Å². The third-order valence-corrected chi connectivity index (χ3v) is 2.69. The van der Waals surface area contributed by atoms with Crippen LogP contribution in [0, 0.1) is 0 Å². The van der Waals surface area contributed by atoms with E-state index in [0.717, 1.165) is 34.9 Å². The van der Waals surface area contributed by atoms with Crippen LogP contribution in [0.1, 0.15) is 21.5 Å². The van der Waals surface area contributed by atoms with Crippen LogP contribution < -0.4 is 0 Å². The zero-order chi connectivity index (χ0) is 9.26. The highest BCUT2D eigenvalue weighted by molar-refractivity contribution is 9.10. The van der Waals surface area contributed by atoms with E-state index in [1.807, 2.05) is 6.07 Å². The van der Waals surface area contributed by atoms with Crippen molar-refractivity contribution in [2.75, 3.05) is 6.61 Å². The van der Waals surface area contributed by atoms with Crippen LogP contribution >= 0.6 is 15.9 Å². The summed E-state index contributed by atoms with van der Waals surface area (Å²) in [5.41, 5.74) is 3.01. The first-order valence-corrected chi connectivity index (χ1v) is 4.95. The van der Waals surface area contributed by atoms with E-state index in [1.54, 1.807) is 0 Å². The minimum absolute atomic E-state index is 0.566. The molecule has 0 spiro atoms. The van der Waals surface area contributed by atoms with Crippen molar-refractivity contribution in [3.63, 3.8) is 0 Å². The molecule has 0 aliphatic carbocycles. The van der Waals surface area contributed by atoms with Gasteiger partial charge in [-0.15, -0.1) is 0 Å². The molecule has 0 saturated carbocycles. The standard InChI is InChI=1S/C10H9BrO2/c11-9-3-7-1-2-13-6-10(7)8(4-9)5-12/h3-5H,1-2,6H2. The minimum Gasteiger partial charge on any atom is -0.376 e. The molecule has 68 valence electrons. The Kier molecular flexibility index (Phi) is 2.47. The molecule has 0 atom stereocenters. The third kappa shape index (κ3) is 1.67. The Morgan fingerprint density at radius 3 is 3.08 bits per heavy atom. The van der Waals surface area contributed by atoms with E-state index in [-0.39, 0.29) is 0 Å². The Morgan fingerprint density at radius 1 is 1.46 bits per heavy atom. The SMILES string of the molecule is O=Cc1cc(Br)cc2c1COCC2. The van der Waals surface area contributed by atoms with Gasteiger partial charge in [-0.3, -0.25) is 4.79 Å². The van der Waals surface area contributed by atoms with Crippen LogP contribution in [0.2, 0.25) is 0 Å². The Bertz CT molecular complexity index is 347. The highest BCUT2D eigenvalue weighted by atomic mass is 79.9. The number of aldehydes is 1. The van der Waals surface area contributed by atoms with Crippen molar-refractivity contribution in [1.82, 2.24) is 0 Å².